The van der Waals surface area contributed by atoms with Crippen LogP contribution >= 0.6 is 24.8 Å². The van der Waals surface area contributed by atoms with Crippen LogP contribution in [0, 0.1) is 0 Å². The Hall–Kier alpha value is 0.200. The van der Waals surface area contributed by atoms with Gasteiger partial charge in [0.2, 0.25) is 0 Å². The molecule has 0 amide bonds. The Labute approximate surface area is 66.4 Å². The van der Waals surface area contributed by atoms with Crippen LogP contribution in [0.5, 0.6) is 0 Å². The summed E-state index contributed by atoms with van der Waals surface area (Å²) in [5.41, 5.74) is 0. The van der Waals surface area contributed by atoms with Crippen molar-refractivity contribution in [3.63, 3.8) is 0 Å². The first-order chi connectivity index (χ1) is 4.27. The van der Waals surface area contributed by atoms with E-state index in [0.717, 1.165) is 19.6 Å². The lowest BCUT2D eigenvalue weighted by atomic mass is 10.5. The summed E-state index contributed by atoms with van der Waals surface area (Å²) in [4.78, 5) is 0. The summed E-state index contributed by atoms with van der Waals surface area (Å²) >= 11 is 8.54. The highest BCUT2D eigenvalue weighted by molar-refractivity contribution is 8.11. The van der Waals surface area contributed by atoms with Gasteiger partial charge in [-0.15, -0.1) is 12.6 Å². The first kappa shape index (κ1) is 9.20. The van der Waals surface area contributed by atoms with Crippen LogP contribution in [0.4, 0.5) is 0 Å². The average Bonchev–Trinajstić information content (AvgIpc) is 1.80. The molecule has 2 nitrogen and oxygen atoms in total. The summed E-state index contributed by atoms with van der Waals surface area (Å²) in [5.74, 6) is 0. The van der Waals surface area contributed by atoms with Crippen LogP contribution in [0.25, 0.3) is 0 Å². The zero-order valence-electron chi connectivity index (χ0n) is 5.39. The molecule has 0 heterocycles. The monoisotopic (exact) mass is 165 g/mol. The molecule has 0 fully saturated rings. The standard InChI is InChI=1S/C5H11NOS2/c1-7-4-2-3-6-5(8)9/h2-4H2,1H3,(H2,6,8,9). The van der Waals surface area contributed by atoms with Gasteiger partial charge < -0.3 is 10.1 Å². The van der Waals surface area contributed by atoms with E-state index in [2.05, 4.69) is 30.2 Å². The molecule has 0 radical (unpaired) electrons. The number of rotatable bonds is 4. The van der Waals surface area contributed by atoms with Crippen molar-refractivity contribution in [1.82, 2.24) is 5.32 Å². The van der Waals surface area contributed by atoms with Crippen molar-refractivity contribution < 1.29 is 4.74 Å². The number of thiocarbonyl (C=S) groups is 1. The Morgan fingerprint density at radius 1 is 1.78 bits per heavy atom. The largest absolute Gasteiger partial charge is 0.385 e. The highest BCUT2D eigenvalue weighted by atomic mass is 32.1. The average molecular weight is 165 g/mol. The number of thiol groups is 1. The van der Waals surface area contributed by atoms with Crippen LogP contribution < -0.4 is 5.32 Å². The second kappa shape index (κ2) is 6.32. The van der Waals surface area contributed by atoms with E-state index in [1.807, 2.05) is 0 Å². The van der Waals surface area contributed by atoms with Crippen molar-refractivity contribution >= 4 is 29.2 Å². The van der Waals surface area contributed by atoms with Gasteiger partial charge in [-0.25, -0.2) is 0 Å². The van der Waals surface area contributed by atoms with Crippen molar-refractivity contribution in [3.8, 4) is 0 Å². The third kappa shape index (κ3) is 8.20. The van der Waals surface area contributed by atoms with Crippen LogP contribution in [-0.2, 0) is 4.74 Å². The molecule has 0 atom stereocenters. The summed E-state index contributed by atoms with van der Waals surface area (Å²) in [6.07, 6.45) is 0.969. The van der Waals surface area contributed by atoms with Crippen molar-refractivity contribution in [1.29, 1.82) is 0 Å². The minimum Gasteiger partial charge on any atom is -0.385 e. The van der Waals surface area contributed by atoms with Crippen LogP contribution in [0.1, 0.15) is 6.42 Å². The van der Waals surface area contributed by atoms with Crippen molar-refractivity contribution in [3.05, 3.63) is 0 Å². The molecule has 0 aliphatic rings. The highest BCUT2D eigenvalue weighted by Gasteiger charge is 1.85. The Kier molecular flexibility index (Phi) is 6.46. The molecule has 0 saturated heterocycles. The second-order valence-electron chi connectivity index (χ2n) is 1.58. The van der Waals surface area contributed by atoms with E-state index in [4.69, 9.17) is 4.74 Å². The Balaban J connectivity index is 2.83. The molecule has 1 N–H and O–H groups in total. The minimum absolute atomic E-state index is 0.547. The summed E-state index contributed by atoms with van der Waals surface area (Å²) < 4.78 is 5.36. The molecular weight excluding hydrogens is 154 g/mol. The highest BCUT2D eigenvalue weighted by Crippen LogP contribution is 1.80. The number of ether oxygens (including phenoxy) is 1. The number of hydrogen-bond acceptors (Lipinski definition) is 2. The quantitative estimate of drug-likeness (QED) is 0.366. The zero-order chi connectivity index (χ0) is 7.11. The lowest BCUT2D eigenvalue weighted by molar-refractivity contribution is 0.196. The van der Waals surface area contributed by atoms with Gasteiger partial charge in [-0.2, -0.15) is 0 Å². The van der Waals surface area contributed by atoms with E-state index >= 15 is 0 Å². The third-order valence-electron chi connectivity index (χ3n) is 0.801. The van der Waals surface area contributed by atoms with Crippen LogP contribution in [0.15, 0.2) is 0 Å². The van der Waals surface area contributed by atoms with Crippen molar-refractivity contribution in [2.45, 2.75) is 6.42 Å². The van der Waals surface area contributed by atoms with Gasteiger partial charge in [0.1, 0.15) is 4.32 Å². The van der Waals surface area contributed by atoms with Crippen LogP contribution in [-0.4, -0.2) is 24.6 Å². The first-order valence-electron chi connectivity index (χ1n) is 2.73. The molecule has 0 rings (SSSR count). The fraction of sp³-hybridized carbons (Fsp3) is 0.800. The van der Waals surface area contributed by atoms with E-state index in [9.17, 15) is 0 Å². The van der Waals surface area contributed by atoms with E-state index in [-0.39, 0.29) is 0 Å². The number of hydrogen-bond donors (Lipinski definition) is 2. The summed E-state index contributed by atoms with van der Waals surface area (Å²) in [5, 5.41) is 2.90. The molecule has 4 heteroatoms. The molecule has 0 aliphatic carbocycles. The predicted octanol–water partition coefficient (Wildman–Crippen LogP) is 0.827. The van der Waals surface area contributed by atoms with Gasteiger partial charge in [-0.05, 0) is 6.42 Å². The molecule has 0 aromatic carbocycles. The van der Waals surface area contributed by atoms with Gasteiger partial charge in [-0.1, -0.05) is 12.2 Å². The van der Waals surface area contributed by atoms with E-state index in [1.165, 1.54) is 0 Å². The van der Waals surface area contributed by atoms with Gasteiger partial charge in [0.15, 0.2) is 0 Å². The molecule has 0 unspecified atom stereocenters. The fourth-order valence-electron chi connectivity index (χ4n) is 0.412. The van der Waals surface area contributed by atoms with Crippen LogP contribution in [0.2, 0.25) is 0 Å². The van der Waals surface area contributed by atoms with Crippen LogP contribution in [0.3, 0.4) is 0 Å². The Morgan fingerprint density at radius 3 is 2.89 bits per heavy atom. The minimum atomic E-state index is 0.547. The van der Waals surface area contributed by atoms with Crippen molar-refractivity contribution in [2.75, 3.05) is 20.3 Å². The molecule has 0 saturated carbocycles. The maximum atomic E-state index is 4.82. The smallest absolute Gasteiger partial charge is 0.130 e. The third-order valence-corrected chi connectivity index (χ3v) is 1.10. The van der Waals surface area contributed by atoms with Gasteiger partial charge in [-0.3, -0.25) is 0 Å². The van der Waals surface area contributed by atoms with Gasteiger partial charge in [0, 0.05) is 20.3 Å². The fourth-order valence-corrected chi connectivity index (χ4v) is 0.626. The van der Waals surface area contributed by atoms with Gasteiger partial charge in [0.25, 0.3) is 0 Å². The predicted molar refractivity (Wildman–Crippen MR) is 46.1 cm³/mol. The number of methoxy groups -OCH3 is 1. The lowest BCUT2D eigenvalue weighted by Crippen LogP contribution is -2.18. The van der Waals surface area contributed by atoms with Gasteiger partial charge >= 0.3 is 0 Å². The molecule has 0 aliphatic heterocycles. The summed E-state index contributed by atoms with van der Waals surface area (Å²) in [6.45, 7) is 1.61. The summed E-state index contributed by atoms with van der Waals surface area (Å²) in [6, 6.07) is 0. The molecule has 0 aromatic heterocycles. The summed E-state index contributed by atoms with van der Waals surface area (Å²) in [7, 11) is 1.68. The molecule has 0 bridgehead atoms. The second-order valence-corrected chi connectivity index (χ2v) is 2.74. The molecule has 54 valence electrons. The van der Waals surface area contributed by atoms with Crippen molar-refractivity contribution in [2.24, 2.45) is 0 Å². The normalized spacial score (nSPS) is 9.11. The zero-order valence-corrected chi connectivity index (χ0v) is 7.10. The topological polar surface area (TPSA) is 21.3 Å². The lowest BCUT2D eigenvalue weighted by Gasteiger charge is -2.00. The van der Waals surface area contributed by atoms with E-state index in [1.54, 1.807) is 7.11 Å². The molecule has 0 spiro atoms. The number of nitrogens with one attached hydrogen (secondary N) is 1. The Morgan fingerprint density at radius 2 is 2.44 bits per heavy atom. The maximum absolute atomic E-state index is 4.82. The first-order valence-corrected chi connectivity index (χ1v) is 3.58. The Bertz CT molecular complexity index is 87.0. The molecule has 9 heavy (non-hydrogen) atoms. The van der Waals surface area contributed by atoms with E-state index < -0.39 is 0 Å². The molecular formula is C5H11NOS2. The SMILES string of the molecule is COCCCNC(=S)S. The van der Waals surface area contributed by atoms with E-state index in [0.29, 0.717) is 4.32 Å². The maximum Gasteiger partial charge on any atom is 0.130 e. The molecule has 0 aromatic rings. The van der Waals surface area contributed by atoms with Gasteiger partial charge in [0.05, 0.1) is 0 Å².